The molecular weight excluding hydrogens is 126 g/mol. The van der Waals surface area contributed by atoms with E-state index in [1.54, 1.807) is 0 Å². The normalized spacial score (nSPS) is 16.9. The van der Waals surface area contributed by atoms with Gasteiger partial charge in [0.1, 0.15) is 6.29 Å². The van der Waals surface area contributed by atoms with Gasteiger partial charge in [0.05, 0.1) is 0 Å². The van der Waals surface area contributed by atoms with E-state index in [1.807, 2.05) is 6.92 Å². The van der Waals surface area contributed by atoms with Gasteiger partial charge in [0.25, 0.3) is 0 Å². The fraction of sp³-hybridized carbons (Fsp3) is 0.875. The SMILES string of the molecule is CC(C)C(N)C(C)CC=O. The molecule has 10 heavy (non-hydrogen) atoms. The van der Waals surface area contributed by atoms with E-state index in [0.717, 1.165) is 6.29 Å². The van der Waals surface area contributed by atoms with E-state index in [2.05, 4.69) is 13.8 Å². The Hall–Kier alpha value is -0.370. The molecule has 2 nitrogen and oxygen atoms in total. The second-order valence-corrected chi connectivity index (χ2v) is 3.20. The molecule has 0 aliphatic carbocycles. The Morgan fingerprint density at radius 1 is 1.40 bits per heavy atom. The fourth-order valence-electron chi connectivity index (χ4n) is 0.966. The number of hydrogen-bond acceptors (Lipinski definition) is 2. The summed E-state index contributed by atoms with van der Waals surface area (Å²) < 4.78 is 0. The standard InChI is InChI=1S/C8H17NO/c1-6(2)8(9)7(3)4-5-10/h5-8H,4,9H2,1-3H3. The summed E-state index contributed by atoms with van der Waals surface area (Å²) in [7, 11) is 0. The predicted molar refractivity (Wildman–Crippen MR) is 42.7 cm³/mol. The van der Waals surface area contributed by atoms with Gasteiger partial charge in [-0.05, 0) is 11.8 Å². The second-order valence-electron chi connectivity index (χ2n) is 3.20. The first-order valence-electron chi connectivity index (χ1n) is 3.78. The molecule has 0 fully saturated rings. The molecule has 0 aliphatic heterocycles. The van der Waals surface area contributed by atoms with Crippen LogP contribution in [-0.4, -0.2) is 12.3 Å². The number of aldehydes is 1. The van der Waals surface area contributed by atoms with Crippen LogP contribution >= 0.6 is 0 Å². The minimum Gasteiger partial charge on any atom is -0.327 e. The topological polar surface area (TPSA) is 43.1 Å². The van der Waals surface area contributed by atoms with Crippen molar-refractivity contribution in [2.45, 2.75) is 33.2 Å². The zero-order valence-electron chi connectivity index (χ0n) is 7.00. The number of nitrogens with two attached hydrogens (primary N) is 1. The summed E-state index contributed by atoms with van der Waals surface area (Å²) in [5.74, 6) is 0.785. The van der Waals surface area contributed by atoms with Crippen molar-refractivity contribution in [3.8, 4) is 0 Å². The Morgan fingerprint density at radius 3 is 2.20 bits per heavy atom. The van der Waals surface area contributed by atoms with Crippen molar-refractivity contribution < 1.29 is 4.79 Å². The summed E-state index contributed by atoms with van der Waals surface area (Å²) in [6.07, 6.45) is 1.52. The number of hydrogen-bond donors (Lipinski definition) is 1. The van der Waals surface area contributed by atoms with Gasteiger partial charge < -0.3 is 10.5 Å². The lowest BCUT2D eigenvalue weighted by molar-refractivity contribution is -0.108. The lowest BCUT2D eigenvalue weighted by atomic mass is 9.91. The van der Waals surface area contributed by atoms with Crippen molar-refractivity contribution in [3.05, 3.63) is 0 Å². The number of rotatable bonds is 4. The van der Waals surface area contributed by atoms with Crippen molar-refractivity contribution in [1.29, 1.82) is 0 Å². The van der Waals surface area contributed by atoms with Crippen LogP contribution in [0.1, 0.15) is 27.2 Å². The molecule has 0 saturated heterocycles. The minimum absolute atomic E-state index is 0.158. The first-order chi connectivity index (χ1) is 4.59. The van der Waals surface area contributed by atoms with E-state index >= 15 is 0 Å². The lowest BCUT2D eigenvalue weighted by Gasteiger charge is -2.20. The van der Waals surface area contributed by atoms with E-state index < -0.39 is 0 Å². The van der Waals surface area contributed by atoms with Gasteiger partial charge in [-0.3, -0.25) is 0 Å². The third-order valence-corrected chi connectivity index (χ3v) is 1.89. The Kier molecular flexibility index (Phi) is 4.28. The van der Waals surface area contributed by atoms with Gasteiger partial charge in [-0.25, -0.2) is 0 Å². The smallest absolute Gasteiger partial charge is 0.120 e. The first kappa shape index (κ1) is 9.63. The van der Waals surface area contributed by atoms with Crippen LogP contribution in [-0.2, 0) is 4.79 Å². The summed E-state index contributed by atoms with van der Waals surface area (Å²) in [6, 6.07) is 0.158. The Morgan fingerprint density at radius 2 is 1.90 bits per heavy atom. The van der Waals surface area contributed by atoms with Crippen LogP contribution in [0.25, 0.3) is 0 Å². The molecule has 2 N–H and O–H groups in total. The van der Waals surface area contributed by atoms with E-state index in [9.17, 15) is 4.79 Å². The molecule has 0 heterocycles. The predicted octanol–water partition coefficient (Wildman–Crippen LogP) is 1.19. The Balaban J connectivity index is 3.68. The maximum Gasteiger partial charge on any atom is 0.120 e. The van der Waals surface area contributed by atoms with Gasteiger partial charge in [0.15, 0.2) is 0 Å². The van der Waals surface area contributed by atoms with Crippen molar-refractivity contribution in [2.24, 2.45) is 17.6 Å². The molecule has 0 aromatic rings. The zero-order chi connectivity index (χ0) is 8.15. The van der Waals surface area contributed by atoms with E-state index in [0.29, 0.717) is 18.3 Å². The van der Waals surface area contributed by atoms with Gasteiger partial charge >= 0.3 is 0 Å². The molecule has 0 radical (unpaired) electrons. The quantitative estimate of drug-likeness (QED) is 0.601. The van der Waals surface area contributed by atoms with E-state index in [-0.39, 0.29) is 6.04 Å². The highest BCUT2D eigenvalue weighted by atomic mass is 16.1. The average Bonchev–Trinajstić information content (AvgIpc) is 1.87. The van der Waals surface area contributed by atoms with Gasteiger partial charge in [-0.2, -0.15) is 0 Å². The summed E-state index contributed by atoms with van der Waals surface area (Å²) in [6.45, 7) is 6.16. The molecule has 0 rings (SSSR count). The van der Waals surface area contributed by atoms with Gasteiger partial charge in [-0.15, -0.1) is 0 Å². The lowest BCUT2D eigenvalue weighted by Crippen LogP contribution is -2.33. The van der Waals surface area contributed by atoms with E-state index in [4.69, 9.17) is 5.73 Å². The molecule has 0 spiro atoms. The molecule has 0 bridgehead atoms. The Bertz CT molecular complexity index is 101. The highest BCUT2D eigenvalue weighted by Gasteiger charge is 2.14. The highest BCUT2D eigenvalue weighted by molar-refractivity contribution is 5.49. The third-order valence-electron chi connectivity index (χ3n) is 1.89. The van der Waals surface area contributed by atoms with Crippen molar-refractivity contribution in [2.75, 3.05) is 0 Å². The fourth-order valence-corrected chi connectivity index (χ4v) is 0.966. The van der Waals surface area contributed by atoms with Gasteiger partial charge in [0, 0.05) is 12.5 Å². The molecule has 2 unspecified atom stereocenters. The van der Waals surface area contributed by atoms with Crippen LogP contribution in [0.15, 0.2) is 0 Å². The molecule has 2 atom stereocenters. The maximum absolute atomic E-state index is 10.1. The molecule has 0 amide bonds. The molecule has 0 aromatic carbocycles. The van der Waals surface area contributed by atoms with Crippen LogP contribution in [0.5, 0.6) is 0 Å². The molecule has 0 aliphatic rings. The maximum atomic E-state index is 10.1. The first-order valence-corrected chi connectivity index (χ1v) is 3.78. The average molecular weight is 143 g/mol. The molecule has 0 aromatic heterocycles. The summed E-state index contributed by atoms with van der Waals surface area (Å²) in [4.78, 5) is 10.1. The number of carbonyl (C=O) groups excluding carboxylic acids is 1. The monoisotopic (exact) mass is 143 g/mol. The highest BCUT2D eigenvalue weighted by Crippen LogP contribution is 2.11. The van der Waals surface area contributed by atoms with Crippen LogP contribution in [0.2, 0.25) is 0 Å². The van der Waals surface area contributed by atoms with Crippen LogP contribution in [0, 0.1) is 11.8 Å². The Labute approximate surface area is 62.8 Å². The zero-order valence-corrected chi connectivity index (χ0v) is 7.00. The van der Waals surface area contributed by atoms with Crippen molar-refractivity contribution in [3.63, 3.8) is 0 Å². The van der Waals surface area contributed by atoms with Crippen molar-refractivity contribution in [1.82, 2.24) is 0 Å². The van der Waals surface area contributed by atoms with E-state index in [1.165, 1.54) is 0 Å². The minimum atomic E-state index is 0.158. The van der Waals surface area contributed by atoms with Gasteiger partial charge in [-0.1, -0.05) is 20.8 Å². The van der Waals surface area contributed by atoms with Crippen LogP contribution < -0.4 is 5.73 Å². The summed E-state index contributed by atoms with van der Waals surface area (Å²) >= 11 is 0. The molecule has 2 heteroatoms. The molecular formula is C8H17NO. The second kappa shape index (κ2) is 4.45. The summed E-state index contributed by atoms with van der Waals surface area (Å²) in [5, 5.41) is 0. The largest absolute Gasteiger partial charge is 0.327 e. The molecule has 60 valence electrons. The van der Waals surface area contributed by atoms with Crippen LogP contribution in [0.3, 0.4) is 0 Å². The third kappa shape index (κ3) is 2.97. The number of carbonyl (C=O) groups is 1. The van der Waals surface area contributed by atoms with Crippen LogP contribution in [0.4, 0.5) is 0 Å². The summed E-state index contributed by atoms with van der Waals surface area (Å²) in [5.41, 5.74) is 5.79. The van der Waals surface area contributed by atoms with Gasteiger partial charge in [0.2, 0.25) is 0 Å². The molecule has 0 saturated carbocycles. The van der Waals surface area contributed by atoms with Crippen molar-refractivity contribution >= 4 is 6.29 Å².